The fourth-order valence-electron chi connectivity index (χ4n) is 4.98. The summed E-state index contributed by atoms with van der Waals surface area (Å²) < 4.78 is 0. The molecule has 2 nitrogen and oxygen atoms in total. The van der Waals surface area contributed by atoms with Gasteiger partial charge in [-0.1, -0.05) is 77.9 Å². The van der Waals surface area contributed by atoms with E-state index in [1.54, 1.807) is 5.57 Å². The highest BCUT2D eigenvalue weighted by Crippen LogP contribution is 2.40. The van der Waals surface area contributed by atoms with Gasteiger partial charge in [-0.15, -0.1) is 0 Å². The molecule has 1 aliphatic carbocycles. The number of benzene rings is 2. The van der Waals surface area contributed by atoms with Crippen LogP contribution in [0.2, 0.25) is 0 Å². The van der Waals surface area contributed by atoms with Crippen molar-refractivity contribution in [3.63, 3.8) is 0 Å². The van der Waals surface area contributed by atoms with Crippen molar-refractivity contribution in [2.24, 2.45) is 5.92 Å². The summed E-state index contributed by atoms with van der Waals surface area (Å²) in [6.07, 6.45) is 11.2. The number of hydrogen-bond acceptors (Lipinski definition) is 2. The molecule has 2 aliphatic rings. The number of allylic oxidation sites excluding steroid dienone is 6. The Kier molecular flexibility index (Phi) is 7.56. The standard InChI is InChI=1S/C29H35NO/c1-22-9-11-26(12-10-22)29(28(8-5-21-31)25-6-3-2-4-7-25)27-15-13-23(14-16-27)24-17-19-30-20-18-24/h2-4,6-7,9-13,15,24,30-31H,5,8,14,16-21H2,1H3/b29-28-. The van der Waals surface area contributed by atoms with E-state index in [0.717, 1.165) is 44.7 Å². The number of aliphatic hydroxyl groups is 1. The highest BCUT2D eigenvalue weighted by molar-refractivity contribution is 5.98. The number of aryl methyl sites for hydroxylation is 1. The first-order valence-electron chi connectivity index (χ1n) is 11.8. The maximum absolute atomic E-state index is 9.59. The second-order valence-corrected chi connectivity index (χ2v) is 8.87. The molecule has 0 amide bonds. The molecule has 0 saturated carbocycles. The lowest BCUT2D eigenvalue weighted by atomic mass is 9.79. The molecule has 1 fully saturated rings. The van der Waals surface area contributed by atoms with Crippen molar-refractivity contribution in [1.82, 2.24) is 5.32 Å². The van der Waals surface area contributed by atoms with E-state index in [1.807, 2.05) is 0 Å². The van der Waals surface area contributed by atoms with E-state index in [1.165, 1.54) is 46.3 Å². The van der Waals surface area contributed by atoms with Gasteiger partial charge in [-0.05, 0) is 92.3 Å². The van der Waals surface area contributed by atoms with E-state index >= 15 is 0 Å². The second kappa shape index (κ2) is 10.7. The second-order valence-electron chi connectivity index (χ2n) is 8.87. The lowest BCUT2D eigenvalue weighted by Crippen LogP contribution is -2.28. The number of piperidine rings is 1. The Morgan fingerprint density at radius 1 is 0.903 bits per heavy atom. The van der Waals surface area contributed by atoms with E-state index in [0.29, 0.717) is 0 Å². The Bertz CT molecular complexity index is 944. The molecule has 1 aliphatic heterocycles. The third kappa shape index (κ3) is 5.44. The molecule has 1 heterocycles. The Balaban J connectivity index is 1.78. The van der Waals surface area contributed by atoms with Gasteiger partial charge >= 0.3 is 0 Å². The fraction of sp³-hybridized carbons (Fsp3) is 0.379. The maximum atomic E-state index is 9.59. The number of hydrogen-bond donors (Lipinski definition) is 2. The molecular formula is C29H35NO. The van der Waals surface area contributed by atoms with Crippen LogP contribution in [0.5, 0.6) is 0 Å². The van der Waals surface area contributed by atoms with Gasteiger partial charge in [0.05, 0.1) is 0 Å². The van der Waals surface area contributed by atoms with E-state index in [9.17, 15) is 5.11 Å². The zero-order valence-corrected chi connectivity index (χ0v) is 18.7. The Labute approximate surface area is 187 Å². The molecule has 0 atom stereocenters. The number of rotatable bonds is 7. The fourth-order valence-corrected chi connectivity index (χ4v) is 4.98. The largest absolute Gasteiger partial charge is 0.396 e. The molecular weight excluding hydrogens is 378 g/mol. The maximum Gasteiger partial charge on any atom is 0.0434 e. The van der Waals surface area contributed by atoms with Gasteiger partial charge in [0.1, 0.15) is 0 Å². The van der Waals surface area contributed by atoms with Crippen LogP contribution in [0.4, 0.5) is 0 Å². The normalized spacial score (nSPS) is 18.3. The first-order valence-corrected chi connectivity index (χ1v) is 11.8. The molecule has 31 heavy (non-hydrogen) atoms. The van der Waals surface area contributed by atoms with Gasteiger partial charge in [-0.25, -0.2) is 0 Å². The van der Waals surface area contributed by atoms with Gasteiger partial charge in [-0.2, -0.15) is 0 Å². The minimum absolute atomic E-state index is 0.219. The quantitative estimate of drug-likeness (QED) is 0.520. The lowest BCUT2D eigenvalue weighted by Gasteiger charge is -2.28. The van der Waals surface area contributed by atoms with E-state index in [4.69, 9.17) is 0 Å². The molecule has 2 aromatic rings. The predicted molar refractivity (Wildman–Crippen MR) is 132 cm³/mol. The van der Waals surface area contributed by atoms with Crippen molar-refractivity contribution in [1.29, 1.82) is 0 Å². The van der Waals surface area contributed by atoms with Crippen LogP contribution < -0.4 is 5.32 Å². The summed E-state index contributed by atoms with van der Waals surface area (Å²) >= 11 is 0. The highest BCUT2D eigenvalue weighted by atomic mass is 16.2. The van der Waals surface area contributed by atoms with Crippen LogP contribution in [0.25, 0.3) is 11.1 Å². The van der Waals surface area contributed by atoms with Crippen molar-refractivity contribution < 1.29 is 5.11 Å². The summed E-state index contributed by atoms with van der Waals surface area (Å²) in [5, 5.41) is 13.1. The molecule has 2 N–H and O–H groups in total. The molecule has 2 aromatic carbocycles. The van der Waals surface area contributed by atoms with Gasteiger partial charge in [0.2, 0.25) is 0 Å². The first kappa shape index (κ1) is 21.8. The molecule has 4 rings (SSSR count). The summed E-state index contributed by atoms with van der Waals surface area (Å²) in [5.41, 5.74) is 9.60. The van der Waals surface area contributed by atoms with Crippen molar-refractivity contribution in [3.8, 4) is 0 Å². The molecule has 0 spiro atoms. The SMILES string of the molecule is Cc1ccc(/C(C2=CC=C(C3CCNCC3)CC2)=C(\CCCO)c2ccccc2)cc1. The molecule has 0 radical (unpaired) electrons. The van der Waals surface area contributed by atoms with Gasteiger partial charge in [0.25, 0.3) is 0 Å². The summed E-state index contributed by atoms with van der Waals surface area (Å²) in [4.78, 5) is 0. The van der Waals surface area contributed by atoms with Crippen LogP contribution in [-0.2, 0) is 0 Å². The number of aliphatic hydroxyl groups excluding tert-OH is 1. The lowest BCUT2D eigenvalue weighted by molar-refractivity contribution is 0.290. The van der Waals surface area contributed by atoms with Gasteiger partial charge in [-0.3, -0.25) is 0 Å². The summed E-state index contributed by atoms with van der Waals surface area (Å²) in [6, 6.07) is 19.7. The monoisotopic (exact) mass is 413 g/mol. The molecule has 2 heteroatoms. The van der Waals surface area contributed by atoms with Crippen LogP contribution in [0.3, 0.4) is 0 Å². The molecule has 0 unspecified atom stereocenters. The Morgan fingerprint density at radius 2 is 1.65 bits per heavy atom. The minimum Gasteiger partial charge on any atom is -0.396 e. The van der Waals surface area contributed by atoms with E-state index < -0.39 is 0 Å². The van der Waals surface area contributed by atoms with Crippen molar-refractivity contribution in [2.75, 3.05) is 19.7 Å². The average molecular weight is 414 g/mol. The van der Waals surface area contributed by atoms with Crippen molar-refractivity contribution in [3.05, 3.63) is 94.6 Å². The summed E-state index contributed by atoms with van der Waals surface area (Å²) in [7, 11) is 0. The summed E-state index contributed by atoms with van der Waals surface area (Å²) in [5.74, 6) is 0.744. The van der Waals surface area contributed by atoms with Crippen molar-refractivity contribution in [2.45, 2.75) is 45.4 Å². The van der Waals surface area contributed by atoms with Crippen LogP contribution in [0.15, 0.2) is 77.9 Å². The Hall–Kier alpha value is -2.42. The topological polar surface area (TPSA) is 32.3 Å². The third-order valence-electron chi connectivity index (χ3n) is 6.72. The number of nitrogens with one attached hydrogen (secondary N) is 1. The predicted octanol–water partition coefficient (Wildman–Crippen LogP) is 6.32. The van der Waals surface area contributed by atoms with E-state index in [2.05, 4.69) is 79.0 Å². The first-order chi connectivity index (χ1) is 15.3. The van der Waals surface area contributed by atoms with Crippen LogP contribution in [-0.4, -0.2) is 24.8 Å². The smallest absolute Gasteiger partial charge is 0.0434 e. The molecule has 1 saturated heterocycles. The minimum atomic E-state index is 0.219. The zero-order valence-electron chi connectivity index (χ0n) is 18.7. The van der Waals surface area contributed by atoms with Crippen LogP contribution >= 0.6 is 0 Å². The van der Waals surface area contributed by atoms with Gasteiger partial charge < -0.3 is 10.4 Å². The van der Waals surface area contributed by atoms with Gasteiger partial charge in [0.15, 0.2) is 0 Å². The highest BCUT2D eigenvalue weighted by Gasteiger charge is 2.22. The average Bonchev–Trinajstić information content (AvgIpc) is 2.84. The molecule has 0 aromatic heterocycles. The van der Waals surface area contributed by atoms with E-state index in [-0.39, 0.29) is 6.61 Å². The van der Waals surface area contributed by atoms with Crippen molar-refractivity contribution >= 4 is 11.1 Å². The molecule has 162 valence electrons. The summed E-state index contributed by atoms with van der Waals surface area (Å²) in [6.45, 7) is 4.65. The zero-order chi connectivity index (χ0) is 21.5. The van der Waals surface area contributed by atoms with Crippen LogP contribution in [0, 0.1) is 12.8 Å². The van der Waals surface area contributed by atoms with Crippen LogP contribution in [0.1, 0.15) is 55.2 Å². The van der Waals surface area contributed by atoms with Gasteiger partial charge in [0, 0.05) is 6.61 Å². The molecule has 0 bridgehead atoms. The Morgan fingerprint density at radius 3 is 2.29 bits per heavy atom. The third-order valence-corrected chi connectivity index (χ3v) is 6.72.